The number of rotatable bonds is 4. The summed E-state index contributed by atoms with van der Waals surface area (Å²) in [7, 11) is 0. The second kappa shape index (κ2) is 6.85. The fourth-order valence-electron chi connectivity index (χ4n) is 3.34. The minimum atomic E-state index is -0.655. The number of fused-ring (bicyclic) bond motifs is 2. The minimum Gasteiger partial charge on any atom is -0.456 e. The van der Waals surface area contributed by atoms with Gasteiger partial charge in [0.15, 0.2) is 11.8 Å². The van der Waals surface area contributed by atoms with Crippen LogP contribution in [0, 0.1) is 5.82 Å². The van der Waals surface area contributed by atoms with E-state index >= 15 is 0 Å². The molecule has 4 heterocycles. The summed E-state index contributed by atoms with van der Waals surface area (Å²) in [6.07, 6.45) is -1.81. The van der Waals surface area contributed by atoms with Crippen molar-refractivity contribution in [3.8, 4) is 17.6 Å². The van der Waals surface area contributed by atoms with Gasteiger partial charge in [-0.2, -0.15) is 9.97 Å². The lowest BCUT2D eigenvalue weighted by Crippen LogP contribution is -2.34. The van der Waals surface area contributed by atoms with Gasteiger partial charge in [0.25, 0.3) is 6.01 Å². The number of nitrogens with zero attached hydrogens (tertiary/aromatic N) is 2. The van der Waals surface area contributed by atoms with Gasteiger partial charge in [0.1, 0.15) is 34.9 Å². The summed E-state index contributed by atoms with van der Waals surface area (Å²) in [5, 5.41) is 10.0. The van der Waals surface area contributed by atoms with Crippen molar-refractivity contribution in [2.45, 2.75) is 24.4 Å². The topological polar surface area (TPSA) is 98.7 Å². The van der Waals surface area contributed by atoms with Crippen molar-refractivity contribution in [2.75, 3.05) is 13.2 Å². The Morgan fingerprint density at radius 2 is 2.04 bits per heavy atom. The van der Waals surface area contributed by atoms with Crippen molar-refractivity contribution in [1.29, 1.82) is 0 Å². The molecule has 1 aromatic carbocycles. The molecule has 0 spiro atoms. The van der Waals surface area contributed by atoms with Crippen LogP contribution >= 0.6 is 11.6 Å². The zero-order valence-corrected chi connectivity index (χ0v) is 15.1. The van der Waals surface area contributed by atoms with Crippen LogP contribution in [-0.2, 0) is 9.47 Å². The normalized spacial score (nSPS) is 26.5. The van der Waals surface area contributed by atoms with Gasteiger partial charge in [-0.05, 0) is 18.2 Å². The third-order valence-electron chi connectivity index (χ3n) is 4.63. The molecule has 8 nitrogen and oxygen atoms in total. The number of aromatic amines is 1. The lowest BCUT2D eigenvalue weighted by Gasteiger charge is -2.15. The monoisotopic (exact) mass is 407 g/mol. The number of imidazole rings is 1. The van der Waals surface area contributed by atoms with Crippen LogP contribution < -0.4 is 9.47 Å². The van der Waals surface area contributed by atoms with Gasteiger partial charge in [-0.1, -0.05) is 17.7 Å². The Bertz CT molecular complexity index is 1030. The Kier molecular flexibility index (Phi) is 4.31. The number of ether oxygens (including phenoxy) is 4. The maximum absolute atomic E-state index is 13.3. The number of pyridine rings is 1. The van der Waals surface area contributed by atoms with Gasteiger partial charge in [0, 0.05) is 6.07 Å². The average Bonchev–Trinajstić information content (AvgIpc) is 3.33. The first-order valence-electron chi connectivity index (χ1n) is 8.64. The number of H-pyrrole nitrogens is 1. The summed E-state index contributed by atoms with van der Waals surface area (Å²) >= 11 is 6.22. The van der Waals surface area contributed by atoms with Crippen LogP contribution in [0.2, 0.25) is 5.02 Å². The average molecular weight is 408 g/mol. The first kappa shape index (κ1) is 17.6. The van der Waals surface area contributed by atoms with E-state index in [-0.39, 0.29) is 42.0 Å². The van der Waals surface area contributed by atoms with Crippen LogP contribution in [0.4, 0.5) is 4.39 Å². The molecule has 2 saturated heterocycles. The predicted octanol–water partition coefficient (Wildman–Crippen LogP) is 2.45. The highest BCUT2D eigenvalue weighted by Gasteiger charge is 2.48. The molecule has 0 unspecified atom stereocenters. The van der Waals surface area contributed by atoms with Crippen LogP contribution in [0.25, 0.3) is 11.2 Å². The van der Waals surface area contributed by atoms with Gasteiger partial charge >= 0.3 is 0 Å². The SMILES string of the molecule is O[C@@H]1CO[C@H]2[C@@H]1OC[C@H]2Oc1nc2nc(Oc3cccc(F)c3)c(Cl)cc2[nH]1. The quantitative estimate of drug-likeness (QED) is 0.685. The highest BCUT2D eigenvalue weighted by Crippen LogP contribution is 2.32. The third-order valence-corrected chi connectivity index (χ3v) is 4.90. The molecule has 0 radical (unpaired) electrons. The summed E-state index contributed by atoms with van der Waals surface area (Å²) in [5.41, 5.74) is 0.878. The molecule has 2 aromatic heterocycles. The van der Waals surface area contributed by atoms with E-state index in [9.17, 15) is 9.50 Å². The van der Waals surface area contributed by atoms with Gasteiger partial charge in [0.05, 0.1) is 18.7 Å². The molecular weight excluding hydrogens is 393 g/mol. The minimum absolute atomic E-state index is 0.101. The summed E-state index contributed by atoms with van der Waals surface area (Å²) in [6, 6.07) is 7.48. The molecule has 2 N–H and O–H groups in total. The Hall–Kier alpha value is -2.46. The van der Waals surface area contributed by atoms with Crippen LogP contribution in [0.15, 0.2) is 30.3 Å². The number of benzene rings is 1. The van der Waals surface area contributed by atoms with E-state index in [2.05, 4.69) is 15.0 Å². The molecule has 2 aliphatic heterocycles. The summed E-state index contributed by atoms with van der Waals surface area (Å²) in [4.78, 5) is 11.6. The molecule has 0 amide bonds. The number of aromatic nitrogens is 3. The smallest absolute Gasteiger partial charge is 0.296 e. The number of aliphatic hydroxyl groups excluding tert-OH is 1. The van der Waals surface area contributed by atoms with Gasteiger partial charge in [-0.25, -0.2) is 4.39 Å². The molecule has 3 aromatic rings. The van der Waals surface area contributed by atoms with Crippen molar-refractivity contribution in [3.05, 3.63) is 41.2 Å². The Labute approximate surface area is 163 Å². The van der Waals surface area contributed by atoms with Crippen LogP contribution in [0.5, 0.6) is 17.6 Å². The lowest BCUT2D eigenvalue weighted by molar-refractivity contribution is 0.00706. The molecule has 0 saturated carbocycles. The van der Waals surface area contributed by atoms with Crippen LogP contribution in [-0.4, -0.2) is 57.7 Å². The molecule has 2 aliphatic rings. The zero-order valence-electron chi connectivity index (χ0n) is 14.3. The van der Waals surface area contributed by atoms with E-state index in [0.29, 0.717) is 11.2 Å². The molecule has 28 heavy (non-hydrogen) atoms. The lowest BCUT2D eigenvalue weighted by atomic mass is 10.1. The fourth-order valence-corrected chi connectivity index (χ4v) is 3.53. The zero-order chi connectivity index (χ0) is 19.3. The van der Waals surface area contributed by atoms with Gasteiger partial charge in [-0.3, -0.25) is 0 Å². The van der Waals surface area contributed by atoms with Crippen molar-refractivity contribution >= 4 is 22.8 Å². The second-order valence-corrected chi connectivity index (χ2v) is 6.97. The van der Waals surface area contributed by atoms with Gasteiger partial charge < -0.3 is 29.0 Å². The Morgan fingerprint density at radius 3 is 2.89 bits per heavy atom. The van der Waals surface area contributed by atoms with E-state index in [1.807, 2.05) is 0 Å². The fraction of sp³-hybridized carbons (Fsp3) is 0.333. The van der Waals surface area contributed by atoms with Gasteiger partial charge in [0.2, 0.25) is 5.88 Å². The molecule has 146 valence electrons. The summed E-state index contributed by atoms with van der Waals surface area (Å²) < 4.78 is 35.8. The first-order chi connectivity index (χ1) is 13.6. The summed E-state index contributed by atoms with van der Waals surface area (Å²) in [6.45, 7) is 0.499. The van der Waals surface area contributed by atoms with E-state index in [0.717, 1.165) is 0 Å². The van der Waals surface area contributed by atoms with E-state index in [4.69, 9.17) is 30.5 Å². The third kappa shape index (κ3) is 3.16. The Morgan fingerprint density at radius 1 is 1.18 bits per heavy atom. The van der Waals surface area contributed by atoms with Crippen molar-refractivity contribution in [3.63, 3.8) is 0 Å². The van der Waals surface area contributed by atoms with E-state index < -0.39 is 24.1 Å². The Balaban J connectivity index is 1.37. The van der Waals surface area contributed by atoms with Crippen molar-refractivity contribution < 1.29 is 28.4 Å². The number of aliphatic hydroxyl groups is 1. The first-order valence-corrected chi connectivity index (χ1v) is 9.02. The number of nitrogens with one attached hydrogen (secondary N) is 1. The molecular formula is C18H15ClFN3O5. The maximum Gasteiger partial charge on any atom is 0.296 e. The number of hydrogen-bond acceptors (Lipinski definition) is 7. The van der Waals surface area contributed by atoms with Crippen molar-refractivity contribution in [2.24, 2.45) is 0 Å². The summed E-state index contributed by atoms with van der Waals surface area (Å²) in [5.74, 6) is -0.0577. The number of hydrogen-bond donors (Lipinski definition) is 2. The molecule has 10 heteroatoms. The standard InChI is InChI=1S/C18H15ClFN3O5/c19-10-5-11-16(22-17(10)27-9-3-1-2-8(20)4-9)23-18(21-11)28-13-7-26-14-12(24)6-25-15(13)14/h1-5,12-15,24H,6-7H2,(H,21,22,23)/t12-,13-,14-,15-/m1/s1. The highest BCUT2D eigenvalue weighted by molar-refractivity contribution is 6.32. The maximum atomic E-state index is 13.3. The van der Waals surface area contributed by atoms with Crippen molar-refractivity contribution in [1.82, 2.24) is 15.0 Å². The molecule has 0 bridgehead atoms. The second-order valence-electron chi connectivity index (χ2n) is 6.57. The predicted molar refractivity (Wildman–Crippen MR) is 95.3 cm³/mol. The largest absolute Gasteiger partial charge is 0.456 e. The van der Waals surface area contributed by atoms with Crippen LogP contribution in [0.3, 0.4) is 0 Å². The van der Waals surface area contributed by atoms with Crippen LogP contribution in [0.1, 0.15) is 0 Å². The molecule has 4 atom stereocenters. The van der Waals surface area contributed by atoms with Gasteiger partial charge in [-0.15, -0.1) is 0 Å². The number of halogens is 2. The van der Waals surface area contributed by atoms with E-state index in [1.54, 1.807) is 12.1 Å². The van der Waals surface area contributed by atoms with E-state index in [1.165, 1.54) is 18.2 Å². The molecule has 2 fully saturated rings. The molecule has 0 aliphatic carbocycles. The highest BCUT2D eigenvalue weighted by atomic mass is 35.5. The molecule has 5 rings (SSSR count).